The summed E-state index contributed by atoms with van der Waals surface area (Å²) in [7, 11) is 0. The molecule has 0 fully saturated rings. The smallest absolute Gasteiger partial charge is 0.164 e. The molecular formula is C55H39N5. The summed E-state index contributed by atoms with van der Waals surface area (Å²) in [6, 6.07) is 68.4. The molecule has 1 N–H and O–H groups in total. The summed E-state index contributed by atoms with van der Waals surface area (Å²) in [6.07, 6.45) is 7.56. The van der Waals surface area contributed by atoms with Crippen molar-refractivity contribution in [3.8, 4) is 51.0 Å². The van der Waals surface area contributed by atoms with E-state index in [4.69, 9.17) is 15.0 Å². The van der Waals surface area contributed by atoms with Crippen LogP contribution in [0, 0.1) is 0 Å². The van der Waals surface area contributed by atoms with Gasteiger partial charge in [0.25, 0.3) is 0 Å². The first kappa shape index (κ1) is 35.3. The summed E-state index contributed by atoms with van der Waals surface area (Å²) < 4.78 is 2.37. The van der Waals surface area contributed by atoms with Gasteiger partial charge in [-0.05, 0) is 82.6 Å². The lowest BCUT2D eigenvalue weighted by molar-refractivity contribution is 0.899. The van der Waals surface area contributed by atoms with E-state index in [0.717, 1.165) is 39.6 Å². The maximum atomic E-state index is 5.05. The SMILES string of the molecule is C1=CC(Nc2ccc(-c3nc(-c4ccccc4)nc(-c4ccccc4)n3)c3ccccc23)CC(c2cccc(-c3ccc4c(c3)c3ccccc3n4-c3ccccc3)c2)=C1. The number of anilines is 1. The van der Waals surface area contributed by atoms with E-state index in [2.05, 4.69) is 162 Å². The highest BCUT2D eigenvalue weighted by Crippen LogP contribution is 2.38. The average molecular weight is 770 g/mol. The molecule has 0 bridgehead atoms. The van der Waals surface area contributed by atoms with E-state index in [1.807, 2.05) is 60.7 Å². The van der Waals surface area contributed by atoms with Gasteiger partial charge in [0.05, 0.1) is 11.0 Å². The molecule has 0 radical (unpaired) electrons. The van der Waals surface area contributed by atoms with E-state index in [-0.39, 0.29) is 6.04 Å². The zero-order valence-corrected chi connectivity index (χ0v) is 32.8. The number of benzene rings is 8. The number of hydrogen-bond acceptors (Lipinski definition) is 4. The molecule has 60 heavy (non-hydrogen) atoms. The molecular weight excluding hydrogens is 731 g/mol. The predicted molar refractivity (Wildman–Crippen MR) is 249 cm³/mol. The zero-order valence-electron chi connectivity index (χ0n) is 32.8. The van der Waals surface area contributed by atoms with Crippen molar-refractivity contribution in [1.82, 2.24) is 19.5 Å². The lowest BCUT2D eigenvalue weighted by atomic mass is 9.91. The van der Waals surface area contributed by atoms with Gasteiger partial charge in [-0.3, -0.25) is 0 Å². The van der Waals surface area contributed by atoms with E-state index in [1.165, 1.54) is 49.8 Å². The third-order valence-corrected chi connectivity index (χ3v) is 11.5. The number of aromatic nitrogens is 4. The van der Waals surface area contributed by atoms with Gasteiger partial charge in [0, 0.05) is 50.3 Å². The lowest BCUT2D eigenvalue weighted by Gasteiger charge is -2.23. The fourth-order valence-corrected chi connectivity index (χ4v) is 8.65. The second-order valence-electron chi connectivity index (χ2n) is 15.3. The van der Waals surface area contributed by atoms with Gasteiger partial charge >= 0.3 is 0 Å². The molecule has 10 aromatic rings. The summed E-state index contributed by atoms with van der Waals surface area (Å²) in [5.74, 6) is 1.95. The van der Waals surface area contributed by atoms with E-state index in [0.29, 0.717) is 17.5 Å². The van der Waals surface area contributed by atoms with Crippen LogP contribution in [-0.2, 0) is 0 Å². The first-order valence-corrected chi connectivity index (χ1v) is 20.5. The Labute approximate surface area is 348 Å². The van der Waals surface area contributed by atoms with Crippen LogP contribution in [0.5, 0.6) is 0 Å². The first-order chi connectivity index (χ1) is 29.7. The summed E-state index contributed by atoms with van der Waals surface area (Å²) in [5.41, 5.74) is 12.5. The predicted octanol–water partition coefficient (Wildman–Crippen LogP) is 13.6. The Balaban J connectivity index is 0.892. The zero-order chi connectivity index (χ0) is 39.8. The van der Waals surface area contributed by atoms with Gasteiger partial charge < -0.3 is 9.88 Å². The van der Waals surface area contributed by atoms with Crippen LogP contribution < -0.4 is 5.32 Å². The standard InChI is InChI=1S/C55H39N5/c1-4-16-37(17-5-1)53-57-54(38-18-6-2-7-19-38)59-55(58-53)48-31-32-50(46-27-11-10-26-45(46)48)56-43-23-15-22-41(35-43)39-20-14-21-40(34-39)42-30-33-52-49(36-42)47-28-12-13-29-51(47)60(52)44-24-8-3-9-25-44/h1-34,36,43,56H,35H2. The molecule has 1 unspecified atom stereocenters. The van der Waals surface area contributed by atoms with E-state index < -0.39 is 0 Å². The second-order valence-corrected chi connectivity index (χ2v) is 15.3. The van der Waals surface area contributed by atoms with Crippen LogP contribution in [0.3, 0.4) is 0 Å². The monoisotopic (exact) mass is 769 g/mol. The van der Waals surface area contributed by atoms with Crippen LogP contribution in [0.4, 0.5) is 5.69 Å². The van der Waals surface area contributed by atoms with E-state index in [1.54, 1.807) is 0 Å². The van der Waals surface area contributed by atoms with Crippen molar-refractivity contribution in [2.45, 2.75) is 12.5 Å². The Kier molecular flexibility index (Phi) is 8.90. The van der Waals surface area contributed by atoms with Crippen LogP contribution in [-0.4, -0.2) is 25.6 Å². The van der Waals surface area contributed by atoms with Crippen molar-refractivity contribution in [2.24, 2.45) is 0 Å². The van der Waals surface area contributed by atoms with Crippen LogP contribution >= 0.6 is 0 Å². The van der Waals surface area contributed by atoms with Crippen LogP contribution in [0.25, 0.3) is 89.1 Å². The highest BCUT2D eigenvalue weighted by Gasteiger charge is 2.19. The molecule has 0 spiro atoms. The largest absolute Gasteiger partial charge is 0.378 e. The van der Waals surface area contributed by atoms with E-state index in [9.17, 15) is 0 Å². The molecule has 11 rings (SSSR count). The Morgan fingerprint density at radius 3 is 1.77 bits per heavy atom. The normalized spacial score (nSPS) is 13.8. The Morgan fingerprint density at radius 1 is 0.433 bits per heavy atom. The Bertz CT molecular complexity index is 3200. The molecule has 5 heteroatoms. The molecule has 1 aliphatic carbocycles. The minimum absolute atomic E-state index is 0.106. The van der Waals surface area contributed by atoms with Crippen molar-refractivity contribution < 1.29 is 0 Å². The van der Waals surface area contributed by atoms with Crippen LogP contribution in [0.1, 0.15) is 12.0 Å². The first-order valence-electron chi connectivity index (χ1n) is 20.5. The van der Waals surface area contributed by atoms with Gasteiger partial charge in [-0.2, -0.15) is 0 Å². The maximum Gasteiger partial charge on any atom is 0.164 e. The van der Waals surface area contributed by atoms with Gasteiger partial charge in [0.15, 0.2) is 17.5 Å². The van der Waals surface area contributed by atoms with Gasteiger partial charge in [-0.15, -0.1) is 0 Å². The van der Waals surface area contributed by atoms with Crippen LogP contribution in [0.15, 0.2) is 212 Å². The Hall–Kier alpha value is -7.89. The van der Waals surface area contributed by atoms with Crippen LogP contribution in [0.2, 0.25) is 0 Å². The number of nitrogens with one attached hydrogen (secondary N) is 1. The van der Waals surface area contributed by atoms with Crippen molar-refractivity contribution in [1.29, 1.82) is 0 Å². The average Bonchev–Trinajstić information content (AvgIpc) is 3.66. The number of rotatable bonds is 8. The van der Waals surface area contributed by atoms with Gasteiger partial charge in [0.1, 0.15) is 0 Å². The van der Waals surface area contributed by atoms with Gasteiger partial charge in [-0.25, -0.2) is 15.0 Å². The fraction of sp³-hybridized carbons (Fsp3) is 0.0364. The topological polar surface area (TPSA) is 55.6 Å². The molecule has 1 aliphatic rings. The minimum Gasteiger partial charge on any atom is -0.378 e. The maximum absolute atomic E-state index is 5.05. The molecule has 2 aromatic heterocycles. The molecule has 5 nitrogen and oxygen atoms in total. The van der Waals surface area contributed by atoms with Gasteiger partial charge in [-0.1, -0.05) is 164 Å². The number of hydrogen-bond donors (Lipinski definition) is 1. The number of para-hydroxylation sites is 2. The molecule has 0 saturated carbocycles. The lowest BCUT2D eigenvalue weighted by Crippen LogP contribution is -2.19. The number of allylic oxidation sites excluding steroid dienone is 2. The summed E-state index contributed by atoms with van der Waals surface area (Å²) in [5, 5.41) is 8.60. The summed E-state index contributed by atoms with van der Waals surface area (Å²) >= 11 is 0. The third kappa shape index (κ3) is 6.52. The fourth-order valence-electron chi connectivity index (χ4n) is 8.65. The van der Waals surface area contributed by atoms with E-state index >= 15 is 0 Å². The minimum atomic E-state index is 0.106. The summed E-state index contributed by atoms with van der Waals surface area (Å²) in [4.78, 5) is 15.0. The van der Waals surface area contributed by atoms with Gasteiger partial charge in [0.2, 0.25) is 0 Å². The number of nitrogens with zero attached hydrogens (tertiary/aromatic N) is 4. The highest BCUT2D eigenvalue weighted by molar-refractivity contribution is 6.10. The van der Waals surface area contributed by atoms with Crippen molar-refractivity contribution in [2.75, 3.05) is 5.32 Å². The van der Waals surface area contributed by atoms with Crippen molar-refractivity contribution in [3.05, 3.63) is 218 Å². The quantitative estimate of drug-likeness (QED) is 0.167. The molecule has 0 aliphatic heterocycles. The van der Waals surface area contributed by atoms with Crippen molar-refractivity contribution >= 4 is 43.8 Å². The highest BCUT2D eigenvalue weighted by atomic mass is 15.0. The second kappa shape index (κ2) is 15.1. The number of fused-ring (bicyclic) bond motifs is 4. The summed E-state index contributed by atoms with van der Waals surface area (Å²) in [6.45, 7) is 0. The molecule has 8 aromatic carbocycles. The molecule has 1 atom stereocenters. The molecule has 0 saturated heterocycles. The molecule has 284 valence electrons. The third-order valence-electron chi connectivity index (χ3n) is 11.5. The van der Waals surface area contributed by atoms with Crippen molar-refractivity contribution in [3.63, 3.8) is 0 Å². The Morgan fingerprint density at radius 2 is 1.02 bits per heavy atom. The molecule has 2 heterocycles. The molecule has 0 amide bonds.